The number of likely N-dealkylation sites (tertiary alicyclic amines) is 1. The van der Waals surface area contributed by atoms with Gasteiger partial charge in [0.1, 0.15) is 0 Å². The number of hydrogen-bond donors (Lipinski definition) is 2. The van der Waals surface area contributed by atoms with Crippen LogP contribution in [0.1, 0.15) is 32.6 Å². The fourth-order valence-electron chi connectivity index (χ4n) is 2.21. The Balaban J connectivity index is 2.02. The van der Waals surface area contributed by atoms with Gasteiger partial charge in [-0.1, -0.05) is 6.92 Å². The molecule has 1 rings (SSSR count). The minimum Gasteiger partial charge on any atom is -0.396 e. The average molecular weight is 214 g/mol. The second-order valence-electron chi connectivity index (χ2n) is 4.52. The van der Waals surface area contributed by atoms with E-state index in [9.17, 15) is 0 Å². The first-order valence-corrected chi connectivity index (χ1v) is 6.40. The van der Waals surface area contributed by atoms with E-state index < -0.39 is 0 Å². The van der Waals surface area contributed by atoms with Crippen LogP contribution in [0, 0.1) is 5.92 Å². The van der Waals surface area contributed by atoms with Crippen LogP contribution in [0.4, 0.5) is 0 Å². The van der Waals surface area contributed by atoms with Crippen LogP contribution in [0.5, 0.6) is 0 Å². The number of rotatable bonds is 7. The van der Waals surface area contributed by atoms with Gasteiger partial charge in [0.15, 0.2) is 0 Å². The van der Waals surface area contributed by atoms with Gasteiger partial charge in [0.25, 0.3) is 0 Å². The van der Waals surface area contributed by atoms with Gasteiger partial charge in [-0.25, -0.2) is 0 Å². The summed E-state index contributed by atoms with van der Waals surface area (Å²) in [5.41, 5.74) is 0. The summed E-state index contributed by atoms with van der Waals surface area (Å²) < 4.78 is 0. The molecule has 1 fully saturated rings. The molecule has 15 heavy (non-hydrogen) atoms. The third-order valence-electron chi connectivity index (χ3n) is 3.27. The normalized spacial score (nSPS) is 19.6. The van der Waals surface area contributed by atoms with Gasteiger partial charge in [0.2, 0.25) is 0 Å². The van der Waals surface area contributed by atoms with Crippen LogP contribution in [-0.4, -0.2) is 49.3 Å². The Hall–Kier alpha value is -0.120. The standard InChI is InChI=1S/C12H26N2O/c1-2-13-11-12-5-8-14(9-6-12)7-3-4-10-15/h12-13,15H,2-11H2,1H3. The summed E-state index contributed by atoms with van der Waals surface area (Å²) in [5.74, 6) is 0.888. The second-order valence-corrected chi connectivity index (χ2v) is 4.52. The lowest BCUT2D eigenvalue weighted by Crippen LogP contribution is -2.37. The smallest absolute Gasteiger partial charge is 0.0431 e. The second kappa shape index (κ2) is 8.08. The highest BCUT2D eigenvalue weighted by molar-refractivity contribution is 4.73. The summed E-state index contributed by atoms with van der Waals surface area (Å²) in [6, 6.07) is 0. The molecule has 0 radical (unpaired) electrons. The molecule has 0 spiro atoms. The van der Waals surface area contributed by atoms with Gasteiger partial charge in [-0.2, -0.15) is 0 Å². The summed E-state index contributed by atoms with van der Waals surface area (Å²) in [5, 5.41) is 12.1. The topological polar surface area (TPSA) is 35.5 Å². The Kier molecular flexibility index (Phi) is 6.98. The van der Waals surface area contributed by atoms with Crippen molar-refractivity contribution in [3.8, 4) is 0 Å². The molecule has 0 aliphatic carbocycles. The fraction of sp³-hybridized carbons (Fsp3) is 1.00. The largest absolute Gasteiger partial charge is 0.396 e. The number of aliphatic hydroxyl groups is 1. The number of nitrogens with one attached hydrogen (secondary N) is 1. The van der Waals surface area contributed by atoms with Crippen LogP contribution in [0.2, 0.25) is 0 Å². The Bertz CT molecular complexity index is 145. The average Bonchev–Trinajstić information content (AvgIpc) is 2.28. The minimum atomic E-state index is 0.344. The molecule has 3 nitrogen and oxygen atoms in total. The Labute approximate surface area is 93.9 Å². The maximum atomic E-state index is 8.71. The lowest BCUT2D eigenvalue weighted by atomic mass is 9.96. The molecule has 0 amide bonds. The molecule has 0 unspecified atom stereocenters. The summed E-state index contributed by atoms with van der Waals surface area (Å²) in [6.45, 7) is 8.48. The van der Waals surface area contributed by atoms with Crippen molar-refractivity contribution in [1.82, 2.24) is 10.2 Å². The highest BCUT2D eigenvalue weighted by atomic mass is 16.2. The van der Waals surface area contributed by atoms with E-state index in [0.717, 1.165) is 25.3 Å². The summed E-state index contributed by atoms with van der Waals surface area (Å²) in [7, 11) is 0. The predicted molar refractivity (Wildman–Crippen MR) is 64.0 cm³/mol. The number of hydrogen-bond acceptors (Lipinski definition) is 3. The predicted octanol–water partition coefficient (Wildman–Crippen LogP) is 1.08. The third kappa shape index (κ3) is 5.50. The maximum absolute atomic E-state index is 8.71. The highest BCUT2D eigenvalue weighted by Gasteiger charge is 2.17. The molecule has 1 aliphatic heterocycles. The molecule has 2 N–H and O–H groups in total. The van der Waals surface area contributed by atoms with Gasteiger partial charge in [0.05, 0.1) is 0 Å². The first-order valence-electron chi connectivity index (χ1n) is 6.40. The third-order valence-corrected chi connectivity index (χ3v) is 3.27. The molecule has 1 saturated heterocycles. The van der Waals surface area contributed by atoms with Crippen molar-refractivity contribution in [3.63, 3.8) is 0 Å². The van der Waals surface area contributed by atoms with Crippen LogP contribution in [0.25, 0.3) is 0 Å². The van der Waals surface area contributed by atoms with Crippen LogP contribution < -0.4 is 5.32 Å². The van der Waals surface area contributed by atoms with Gasteiger partial charge in [-0.05, 0) is 64.3 Å². The molecular weight excluding hydrogens is 188 g/mol. The Morgan fingerprint density at radius 2 is 2.00 bits per heavy atom. The van der Waals surface area contributed by atoms with E-state index in [-0.39, 0.29) is 0 Å². The van der Waals surface area contributed by atoms with E-state index in [1.54, 1.807) is 0 Å². The lowest BCUT2D eigenvalue weighted by Gasteiger charge is -2.31. The Morgan fingerprint density at radius 3 is 2.60 bits per heavy atom. The summed E-state index contributed by atoms with van der Waals surface area (Å²) in [4.78, 5) is 2.54. The molecule has 90 valence electrons. The van der Waals surface area contributed by atoms with Crippen molar-refractivity contribution < 1.29 is 5.11 Å². The molecule has 3 heteroatoms. The summed E-state index contributed by atoms with van der Waals surface area (Å²) in [6.07, 6.45) is 4.78. The molecule has 0 aromatic heterocycles. The summed E-state index contributed by atoms with van der Waals surface area (Å²) >= 11 is 0. The van der Waals surface area contributed by atoms with Crippen molar-refractivity contribution >= 4 is 0 Å². The first kappa shape index (κ1) is 12.9. The van der Waals surface area contributed by atoms with E-state index >= 15 is 0 Å². The van der Waals surface area contributed by atoms with Crippen LogP contribution in [-0.2, 0) is 0 Å². The zero-order valence-electron chi connectivity index (χ0n) is 10.0. The van der Waals surface area contributed by atoms with E-state index in [1.165, 1.54) is 39.0 Å². The van der Waals surface area contributed by atoms with E-state index in [4.69, 9.17) is 5.11 Å². The van der Waals surface area contributed by atoms with Crippen molar-refractivity contribution in [3.05, 3.63) is 0 Å². The zero-order valence-corrected chi connectivity index (χ0v) is 10.0. The van der Waals surface area contributed by atoms with Crippen LogP contribution in [0.15, 0.2) is 0 Å². The monoisotopic (exact) mass is 214 g/mol. The fourth-order valence-corrected chi connectivity index (χ4v) is 2.21. The van der Waals surface area contributed by atoms with Gasteiger partial charge in [0, 0.05) is 6.61 Å². The number of nitrogens with zero attached hydrogens (tertiary/aromatic N) is 1. The van der Waals surface area contributed by atoms with Gasteiger partial charge in [-0.3, -0.25) is 0 Å². The van der Waals surface area contributed by atoms with Crippen molar-refractivity contribution in [2.45, 2.75) is 32.6 Å². The van der Waals surface area contributed by atoms with Gasteiger partial charge >= 0.3 is 0 Å². The molecule has 1 heterocycles. The number of piperidine rings is 1. The molecular formula is C12H26N2O. The lowest BCUT2D eigenvalue weighted by molar-refractivity contribution is 0.174. The van der Waals surface area contributed by atoms with Gasteiger partial charge in [-0.15, -0.1) is 0 Å². The molecule has 1 aliphatic rings. The van der Waals surface area contributed by atoms with E-state index in [1.807, 2.05) is 0 Å². The molecule has 0 saturated carbocycles. The number of unbranched alkanes of at least 4 members (excludes halogenated alkanes) is 1. The van der Waals surface area contributed by atoms with Crippen LogP contribution in [0.3, 0.4) is 0 Å². The molecule has 0 aromatic carbocycles. The van der Waals surface area contributed by atoms with Crippen molar-refractivity contribution in [2.24, 2.45) is 5.92 Å². The highest BCUT2D eigenvalue weighted by Crippen LogP contribution is 2.16. The quantitative estimate of drug-likeness (QED) is 0.623. The minimum absolute atomic E-state index is 0.344. The zero-order chi connectivity index (χ0) is 10.9. The SMILES string of the molecule is CCNCC1CCN(CCCCO)CC1. The number of aliphatic hydroxyl groups excluding tert-OH is 1. The molecule has 0 atom stereocenters. The first-order chi connectivity index (χ1) is 7.36. The molecule has 0 aromatic rings. The maximum Gasteiger partial charge on any atom is 0.0431 e. The van der Waals surface area contributed by atoms with Crippen LogP contribution >= 0.6 is 0 Å². The Morgan fingerprint density at radius 1 is 1.27 bits per heavy atom. The van der Waals surface area contributed by atoms with Crippen molar-refractivity contribution in [2.75, 3.05) is 39.3 Å². The molecule has 0 bridgehead atoms. The van der Waals surface area contributed by atoms with E-state index in [2.05, 4.69) is 17.1 Å². The van der Waals surface area contributed by atoms with E-state index in [0.29, 0.717) is 6.61 Å². The van der Waals surface area contributed by atoms with Gasteiger partial charge < -0.3 is 15.3 Å². The van der Waals surface area contributed by atoms with Crippen molar-refractivity contribution in [1.29, 1.82) is 0 Å².